The van der Waals surface area contributed by atoms with Crippen LogP contribution in [0.2, 0.25) is 0 Å². The van der Waals surface area contributed by atoms with Crippen LogP contribution in [-0.2, 0) is 19.1 Å². The molecule has 5 aromatic carbocycles. The van der Waals surface area contributed by atoms with Crippen molar-refractivity contribution in [3.05, 3.63) is 168 Å². The summed E-state index contributed by atoms with van der Waals surface area (Å²) in [6.07, 6.45) is 21.7. The van der Waals surface area contributed by atoms with Crippen LogP contribution in [-0.4, -0.2) is 62.2 Å². The van der Waals surface area contributed by atoms with Crippen molar-refractivity contribution in [2.45, 2.75) is 116 Å². The summed E-state index contributed by atoms with van der Waals surface area (Å²) in [5.41, 5.74) is 0.953. The molecule has 5 rings (SSSR count). The van der Waals surface area contributed by atoms with Gasteiger partial charge in [-0.1, -0.05) is 103 Å². The molecule has 0 aliphatic carbocycles. The zero-order valence-electron chi connectivity index (χ0n) is 44.3. The van der Waals surface area contributed by atoms with Crippen molar-refractivity contribution in [2.75, 3.05) is 26.4 Å². The molecule has 78 heavy (non-hydrogen) atoms. The van der Waals surface area contributed by atoms with Gasteiger partial charge < -0.3 is 37.9 Å². The first kappa shape index (κ1) is 60.4. The molecule has 0 saturated heterocycles. The van der Waals surface area contributed by atoms with Gasteiger partial charge in [0.1, 0.15) is 23.0 Å². The van der Waals surface area contributed by atoms with E-state index in [2.05, 4.69) is 13.2 Å². The second kappa shape index (κ2) is 34.9. The highest BCUT2D eigenvalue weighted by Crippen LogP contribution is 2.31. The molecule has 5 aromatic rings. The Balaban J connectivity index is 0.979. The van der Waals surface area contributed by atoms with E-state index in [4.69, 9.17) is 37.9 Å². The van der Waals surface area contributed by atoms with E-state index in [1.807, 2.05) is 6.07 Å². The molecule has 0 atom stereocenters. The Kier molecular flexibility index (Phi) is 27.0. The molecule has 0 N–H and O–H groups in total. The smallest absolute Gasteiger partial charge is 0.343 e. The molecule has 0 fully saturated rings. The average Bonchev–Trinajstić information content (AvgIpc) is 3.47. The number of rotatable bonds is 36. The van der Waals surface area contributed by atoms with Crippen LogP contribution >= 0.6 is 0 Å². The maximum absolute atomic E-state index is 13.3. The van der Waals surface area contributed by atoms with Crippen LogP contribution in [0.15, 0.2) is 141 Å². The van der Waals surface area contributed by atoms with Crippen LogP contribution in [0.3, 0.4) is 0 Å². The van der Waals surface area contributed by atoms with Gasteiger partial charge in [-0.05, 0) is 135 Å². The lowest BCUT2D eigenvalue weighted by atomic mass is 10.1. The Hall–Kier alpha value is -8.51. The van der Waals surface area contributed by atoms with Gasteiger partial charge in [-0.2, -0.15) is 5.26 Å². The van der Waals surface area contributed by atoms with E-state index in [-0.39, 0.29) is 51.6 Å². The maximum Gasteiger partial charge on any atom is 0.343 e. The third-order valence-electron chi connectivity index (χ3n) is 12.2. The van der Waals surface area contributed by atoms with Crippen molar-refractivity contribution in [1.82, 2.24) is 0 Å². The minimum Gasteiger partial charge on any atom is -0.494 e. The van der Waals surface area contributed by atoms with E-state index in [9.17, 15) is 34.0 Å². The molecule has 0 bridgehead atoms. The molecule has 0 unspecified atom stereocenters. The van der Waals surface area contributed by atoms with E-state index in [1.54, 1.807) is 48.5 Å². The second-order valence-corrected chi connectivity index (χ2v) is 18.2. The van der Waals surface area contributed by atoms with Gasteiger partial charge in [-0.25, -0.2) is 28.8 Å². The SMILES string of the molecule is C=CC(=O)OCCCCCCCCCCCOc1ccc(C(=O)Oc2ccc(C(=O)Oc3ccc(C#N)cc3OC(=O)c3ccc(OC(=O)c4ccc(OCCCCCCCCCCCOC(=O)C=C)cc4)cc3)cc2)cc1. The highest BCUT2D eigenvalue weighted by molar-refractivity contribution is 5.95. The van der Waals surface area contributed by atoms with Gasteiger partial charge >= 0.3 is 35.8 Å². The molecule has 0 saturated carbocycles. The third-order valence-corrected chi connectivity index (χ3v) is 12.2. The number of ether oxygens (including phenoxy) is 8. The number of unbranched alkanes of at least 4 members (excludes halogenated alkanes) is 16. The predicted molar refractivity (Wildman–Crippen MR) is 293 cm³/mol. The van der Waals surface area contributed by atoms with E-state index in [1.165, 1.54) is 98.1 Å². The Bertz CT molecular complexity index is 2740. The number of hydrogen-bond donors (Lipinski definition) is 0. The summed E-state index contributed by atoms with van der Waals surface area (Å²) in [7, 11) is 0. The van der Waals surface area contributed by atoms with Crippen LogP contribution in [0.4, 0.5) is 0 Å². The van der Waals surface area contributed by atoms with Crippen LogP contribution in [0.5, 0.6) is 34.5 Å². The highest BCUT2D eigenvalue weighted by Gasteiger charge is 2.19. The molecule has 0 spiro atoms. The van der Waals surface area contributed by atoms with Crippen molar-refractivity contribution in [3.63, 3.8) is 0 Å². The number of hydrogen-bond acceptors (Lipinski definition) is 15. The first-order valence-electron chi connectivity index (χ1n) is 26.7. The van der Waals surface area contributed by atoms with E-state index in [0.29, 0.717) is 49.1 Å². The van der Waals surface area contributed by atoms with Gasteiger partial charge in [-0.3, -0.25) is 0 Å². The monoisotopic (exact) mass is 1060 g/mol. The number of esters is 6. The fraction of sp³-hybridized carbons (Fsp3) is 0.349. The van der Waals surface area contributed by atoms with Crippen molar-refractivity contribution >= 4 is 35.8 Å². The van der Waals surface area contributed by atoms with Crippen LogP contribution < -0.4 is 28.4 Å². The second-order valence-electron chi connectivity index (χ2n) is 18.2. The average molecular weight is 1060 g/mol. The van der Waals surface area contributed by atoms with Gasteiger partial charge in [0.2, 0.25) is 0 Å². The van der Waals surface area contributed by atoms with Crippen molar-refractivity contribution in [3.8, 4) is 40.6 Å². The minimum absolute atomic E-state index is 0.0864. The number of nitrogens with zero attached hydrogens (tertiary/aromatic N) is 1. The summed E-state index contributed by atoms with van der Waals surface area (Å²) in [5.74, 6) is -2.25. The fourth-order valence-corrected chi connectivity index (χ4v) is 7.81. The summed E-state index contributed by atoms with van der Waals surface area (Å²) in [6, 6.07) is 30.7. The summed E-state index contributed by atoms with van der Waals surface area (Å²) >= 11 is 0. The van der Waals surface area contributed by atoms with Crippen molar-refractivity contribution in [1.29, 1.82) is 5.26 Å². The largest absolute Gasteiger partial charge is 0.494 e. The minimum atomic E-state index is -0.831. The molecule has 0 radical (unpaired) electrons. The normalized spacial score (nSPS) is 10.6. The molecule has 0 amide bonds. The first-order valence-corrected chi connectivity index (χ1v) is 26.7. The summed E-state index contributed by atoms with van der Waals surface area (Å²) in [5, 5.41) is 9.55. The van der Waals surface area contributed by atoms with Gasteiger partial charge in [0.05, 0.1) is 60.3 Å². The van der Waals surface area contributed by atoms with Crippen molar-refractivity contribution in [2.24, 2.45) is 0 Å². The molecule has 0 aliphatic heterocycles. The first-order chi connectivity index (χ1) is 38.0. The number of carbonyl (C=O) groups excluding carboxylic acids is 6. The summed E-state index contributed by atoms with van der Waals surface area (Å²) in [6.45, 7) is 8.80. The van der Waals surface area contributed by atoms with Gasteiger partial charge in [0, 0.05) is 18.2 Å². The lowest BCUT2D eigenvalue weighted by Crippen LogP contribution is -2.13. The Labute approximate surface area is 457 Å². The van der Waals surface area contributed by atoms with Crippen LogP contribution in [0, 0.1) is 11.3 Å². The third kappa shape index (κ3) is 22.8. The molecule has 0 aromatic heterocycles. The Morgan fingerprint density at radius 1 is 0.359 bits per heavy atom. The van der Waals surface area contributed by atoms with E-state index < -0.39 is 23.9 Å². The Morgan fingerprint density at radius 3 is 0.987 bits per heavy atom. The fourth-order valence-electron chi connectivity index (χ4n) is 7.81. The van der Waals surface area contributed by atoms with Crippen LogP contribution in [0.25, 0.3) is 0 Å². The zero-order valence-corrected chi connectivity index (χ0v) is 44.3. The van der Waals surface area contributed by atoms with E-state index in [0.717, 1.165) is 96.3 Å². The lowest BCUT2D eigenvalue weighted by molar-refractivity contribution is -0.138. The summed E-state index contributed by atoms with van der Waals surface area (Å²) < 4.78 is 43.9. The summed E-state index contributed by atoms with van der Waals surface area (Å²) in [4.78, 5) is 74.5. The van der Waals surface area contributed by atoms with Gasteiger partial charge in [-0.15, -0.1) is 0 Å². The lowest BCUT2D eigenvalue weighted by Gasteiger charge is -2.12. The van der Waals surface area contributed by atoms with Crippen LogP contribution in [0.1, 0.15) is 163 Å². The highest BCUT2D eigenvalue weighted by atomic mass is 16.6. The molecular weight excluding hydrogens is 995 g/mol. The van der Waals surface area contributed by atoms with E-state index >= 15 is 0 Å². The molecule has 410 valence electrons. The topological polar surface area (TPSA) is 200 Å². The molecule has 0 aliphatic rings. The predicted octanol–water partition coefficient (Wildman–Crippen LogP) is 13.7. The number of benzene rings is 5. The standard InChI is InChI=1S/C63H69NO14/c1-3-58(65)73-43-21-17-13-9-5-7-11-15-19-41-71-52-32-24-48(25-33-52)60(67)75-54-36-28-50(29-37-54)62(69)77-56-40-23-47(46-64)45-57(56)78-63(70)51-30-38-55(39-31-51)76-61(68)49-26-34-53(35-27-49)72-42-20-16-12-8-6-10-14-18-22-44-74-59(66)4-2/h3-4,23-40,45H,1-2,5-22,41-44H2. The number of nitriles is 1. The van der Waals surface area contributed by atoms with Gasteiger partial charge in [0.25, 0.3) is 0 Å². The molecule has 15 heteroatoms. The Morgan fingerprint density at radius 2 is 0.654 bits per heavy atom. The molecule has 0 heterocycles. The zero-order chi connectivity index (χ0) is 55.6. The van der Waals surface area contributed by atoms with Crippen molar-refractivity contribution < 1.29 is 66.7 Å². The molecule has 15 nitrogen and oxygen atoms in total. The number of carbonyl (C=O) groups is 6. The maximum atomic E-state index is 13.3. The quantitative estimate of drug-likeness (QED) is 0.0159. The van der Waals surface area contributed by atoms with Gasteiger partial charge in [0.15, 0.2) is 11.5 Å². The molecular formula is C63H69NO14.